The van der Waals surface area contributed by atoms with E-state index in [9.17, 15) is 0 Å². The van der Waals surface area contributed by atoms with Crippen LogP contribution in [0.2, 0.25) is 0 Å². The van der Waals surface area contributed by atoms with Crippen LogP contribution in [0.15, 0.2) is 30.3 Å². The molecule has 1 rings (SSSR count). The molecule has 0 N–H and O–H groups in total. The van der Waals surface area contributed by atoms with Crippen molar-refractivity contribution in [2.45, 2.75) is 45.4 Å². The molecule has 0 fully saturated rings. The summed E-state index contributed by atoms with van der Waals surface area (Å²) in [5.41, 5.74) is 1.36. The van der Waals surface area contributed by atoms with Crippen molar-refractivity contribution in [1.29, 1.82) is 0 Å². The Morgan fingerprint density at radius 1 is 0.929 bits per heavy atom. The molecule has 0 aliphatic carbocycles. The van der Waals surface area contributed by atoms with Gasteiger partial charge >= 0.3 is 0 Å². The highest BCUT2D eigenvalue weighted by Crippen LogP contribution is 2.10. The van der Waals surface area contributed by atoms with Gasteiger partial charge < -0.3 is 0 Å². The monoisotopic (exact) mass is 189 g/mol. The predicted octanol–water partition coefficient (Wildman–Crippen LogP) is 4.60. The minimum atomic E-state index is 1.23. The van der Waals surface area contributed by atoms with Gasteiger partial charge in [-0.2, -0.15) is 0 Å². The molecular formula is C14H21. The number of rotatable bonds is 7. The summed E-state index contributed by atoms with van der Waals surface area (Å²) in [6, 6.07) is 10.6. The van der Waals surface area contributed by atoms with Gasteiger partial charge in [0, 0.05) is 0 Å². The van der Waals surface area contributed by atoms with Crippen LogP contribution in [-0.4, -0.2) is 0 Å². The summed E-state index contributed by atoms with van der Waals surface area (Å²) in [7, 11) is 0. The number of benzene rings is 1. The Kier molecular flexibility index (Phi) is 6.14. The van der Waals surface area contributed by atoms with Gasteiger partial charge in [0.2, 0.25) is 0 Å². The zero-order valence-corrected chi connectivity index (χ0v) is 9.21. The van der Waals surface area contributed by atoms with Crippen LogP contribution in [0.1, 0.15) is 51.0 Å². The highest BCUT2D eigenvalue weighted by atomic mass is 14.0. The smallest absolute Gasteiger partial charge is 0.00931 e. The lowest BCUT2D eigenvalue weighted by atomic mass is 10.1. The maximum atomic E-state index is 2.34. The highest BCUT2D eigenvalue weighted by molar-refractivity contribution is 5.21. The molecule has 0 aliphatic rings. The van der Waals surface area contributed by atoms with Crippen molar-refractivity contribution in [2.24, 2.45) is 0 Å². The first-order valence-electron chi connectivity index (χ1n) is 5.81. The van der Waals surface area contributed by atoms with Crippen LogP contribution in [0.25, 0.3) is 0 Å². The van der Waals surface area contributed by atoms with Crippen LogP contribution in [0, 0.1) is 6.42 Å². The summed E-state index contributed by atoms with van der Waals surface area (Å²) < 4.78 is 0. The number of hydrogen-bond acceptors (Lipinski definition) is 0. The molecule has 77 valence electrons. The molecule has 0 amide bonds. The van der Waals surface area contributed by atoms with Gasteiger partial charge in [-0.15, -0.1) is 0 Å². The van der Waals surface area contributed by atoms with Crippen molar-refractivity contribution in [3.63, 3.8) is 0 Å². The van der Waals surface area contributed by atoms with E-state index in [0.29, 0.717) is 0 Å². The lowest BCUT2D eigenvalue weighted by Crippen LogP contribution is -1.82. The fourth-order valence-electron chi connectivity index (χ4n) is 1.61. The second kappa shape index (κ2) is 7.61. The van der Waals surface area contributed by atoms with Crippen LogP contribution in [-0.2, 0) is 0 Å². The van der Waals surface area contributed by atoms with Crippen LogP contribution in [0.4, 0.5) is 0 Å². The summed E-state index contributed by atoms with van der Waals surface area (Å²) in [5, 5.41) is 0. The minimum absolute atomic E-state index is 1.23. The summed E-state index contributed by atoms with van der Waals surface area (Å²) in [6.07, 6.45) is 10.4. The fraction of sp³-hybridized carbons (Fsp3) is 0.500. The zero-order valence-electron chi connectivity index (χ0n) is 9.21. The van der Waals surface area contributed by atoms with E-state index >= 15 is 0 Å². The Hall–Kier alpha value is -0.780. The van der Waals surface area contributed by atoms with Crippen molar-refractivity contribution < 1.29 is 0 Å². The molecule has 0 heterocycles. The van der Waals surface area contributed by atoms with Gasteiger partial charge in [0.1, 0.15) is 0 Å². The first-order chi connectivity index (χ1) is 6.93. The average Bonchev–Trinajstić information content (AvgIpc) is 2.25. The van der Waals surface area contributed by atoms with Crippen molar-refractivity contribution in [2.75, 3.05) is 0 Å². The largest absolute Gasteiger partial charge is 0.0654 e. The first kappa shape index (κ1) is 11.3. The predicted molar refractivity (Wildman–Crippen MR) is 63.2 cm³/mol. The minimum Gasteiger partial charge on any atom is -0.0654 e. The van der Waals surface area contributed by atoms with Crippen molar-refractivity contribution in [3.8, 4) is 0 Å². The van der Waals surface area contributed by atoms with Gasteiger partial charge in [-0.3, -0.25) is 0 Å². The molecule has 0 nitrogen and oxygen atoms in total. The average molecular weight is 189 g/mol. The lowest BCUT2D eigenvalue weighted by molar-refractivity contribution is 0.631. The van der Waals surface area contributed by atoms with E-state index < -0.39 is 0 Å². The maximum Gasteiger partial charge on any atom is -0.00931 e. The second-order valence-corrected chi connectivity index (χ2v) is 3.82. The van der Waals surface area contributed by atoms with Crippen LogP contribution in [0.3, 0.4) is 0 Å². The zero-order chi connectivity index (χ0) is 10.1. The van der Waals surface area contributed by atoms with Crippen molar-refractivity contribution >= 4 is 0 Å². The summed E-state index contributed by atoms with van der Waals surface area (Å²) in [6.45, 7) is 2.26. The molecule has 0 spiro atoms. The fourth-order valence-corrected chi connectivity index (χ4v) is 1.61. The lowest BCUT2D eigenvalue weighted by Gasteiger charge is -2.00. The third-order valence-electron chi connectivity index (χ3n) is 2.49. The Morgan fingerprint density at radius 3 is 2.36 bits per heavy atom. The molecule has 0 aromatic heterocycles. The molecular weight excluding hydrogens is 168 g/mol. The SMILES string of the molecule is CCCCCCC[CH]c1ccccc1. The molecule has 1 radical (unpaired) electrons. The van der Waals surface area contributed by atoms with E-state index in [4.69, 9.17) is 0 Å². The van der Waals surface area contributed by atoms with Gasteiger partial charge in [-0.1, -0.05) is 69.4 Å². The third-order valence-corrected chi connectivity index (χ3v) is 2.49. The van der Waals surface area contributed by atoms with E-state index in [1.165, 1.54) is 44.1 Å². The normalized spacial score (nSPS) is 10.4. The molecule has 1 aromatic rings. The van der Waals surface area contributed by atoms with Crippen molar-refractivity contribution in [3.05, 3.63) is 42.3 Å². The Bertz CT molecular complexity index is 213. The van der Waals surface area contributed by atoms with Crippen LogP contribution in [0.5, 0.6) is 0 Å². The van der Waals surface area contributed by atoms with Crippen LogP contribution < -0.4 is 0 Å². The molecule has 0 heteroatoms. The molecule has 1 aromatic carbocycles. The molecule has 0 unspecified atom stereocenters. The topological polar surface area (TPSA) is 0 Å². The number of unbranched alkanes of at least 4 members (excludes halogenated alkanes) is 5. The highest BCUT2D eigenvalue weighted by Gasteiger charge is 1.92. The Labute approximate surface area is 88.4 Å². The summed E-state index contributed by atoms with van der Waals surface area (Å²) >= 11 is 0. The van der Waals surface area contributed by atoms with E-state index in [2.05, 4.69) is 43.7 Å². The molecule has 0 aliphatic heterocycles. The van der Waals surface area contributed by atoms with E-state index in [0.717, 1.165) is 0 Å². The van der Waals surface area contributed by atoms with Gasteiger partial charge in [0.05, 0.1) is 0 Å². The molecule has 0 saturated heterocycles. The third kappa shape index (κ3) is 5.06. The van der Waals surface area contributed by atoms with Crippen LogP contribution >= 0.6 is 0 Å². The molecule has 0 bridgehead atoms. The van der Waals surface area contributed by atoms with Gasteiger partial charge in [-0.05, 0) is 18.4 Å². The maximum absolute atomic E-state index is 2.34. The quantitative estimate of drug-likeness (QED) is 0.550. The Balaban J connectivity index is 1.99. The van der Waals surface area contributed by atoms with E-state index in [-0.39, 0.29) is 0 Å². The van der Waals surface area contributed by atoms with Gasteiger partial charge in [-0.25, -0.2) is 0 Å². The molecule has 0 saturated carbocycles. The Morgan fingerprint density at radius 2 is 1.64 bits per heavy atom. The van der Waals surface area contributed by atoms with E-state index in [1.54, 1.807) is 0 Å². The second-order valence-electron chi connectivity index (χ2n) is 3.82. The molecule has 14 heavy (non-hydrogen) atoms. The van der Waals surface area contributed by atoms with Crippen molar-refractivity contribution in [1.82, 2.24) is 0 Å². The summed E-state index contributed by atoms with van der Waals surface area (Å²) in [5.74, 6) is 0. The van der Waals surface area contributed by atoms with Gasteiger partial charge in [0.15, 0.2) is 0 Å². The van der Waals surface area contributed by atoms with E-state index in [1.807, 2.05) is 0 Å². The number of hydrogen-bond donors (Lipinski definition) is 0. The standard InChI is InChI=1S/C14H21/c1-2-3-4-5-6-8-11-14-12-9-7-10-13-14/h7,9-13H,2-6,8H2,1H3. The summed E-state index contributed by atoms with van der Waals surface area (Å²) in [4.78, 5) is 0. The first-order valence-corrected chi connectivity index (χ1v) is 5.81. The van der Waals surface area contributed by atoms with Gasteiger partial charge in [0.25, 0.3) is 0 Å². The molecule has 0 atom stereocenters.